The highest BCUT2D eigenvalue weighted by molar-refractivity contribution is 5.96. The van der Waals surface area contributed by atoms with Gasteiger partial charge < -0.3 is 14.7 Å². The van der Waals surface area contributed by atoms with Gasteiger partial charge in [-0.3, -0.25) is 4.98 Å². The first-order valence-corrected chi connectivity index (χ1v) is 8.90. The number of aliphatic hydroxyl groups is 1. The first-order chi connectivity index (χ1) is 12.9. The number of carbonyl (C=O) groups excluding carboxylic acids is 1. The fourth-order valence-corrected chi connectivity index (χ4v) is 3.00. The molecule has 144 valence electrons. The highest BCUT2D eigenvalue weighted by Gasteiger charge is 2.33. The smallest absolute Gasteiger partial charge is 0.358 e. The van der Waals surface area contributed by atoms with E-state index in [1.165, 1.54) is 19.2 Å². The largest absolute Gasteiger partial charge is 0.504 e. The summed E-state index contributed by atoms with van der Waals surface area (Å²) in [5.74, 6) is -1.06. The second-order valence-electron chi connectivity index (χ2n) is 6.06. The van der Waals surface area contributed by atoms with E-state index in [0.29, 0.717) is 12.1 Å². The number of hydrogen-bond acceptors (Lipinski definition) is 5. The molecule has 3 rings (SSSR count). The average Bonchev–Trinajstić information content (AvgIpc) is 2.69. The summed E-state index contributed by atoms with van der Waals surface area (Å²) in [6, 6.07) is 8.12. The number of fused-ring (bicyclic) bond motifs is 1. The first kappa shape index (κ1) is 20.4. The Kier molecular flexibility index (Phi) is 6.55. The molecule has 27 heavy (non-hydrogen) atoms. The van der Waals surface area contributed by atoms with Crippen molar-refractivity contribution in [2.45, 2.75) is 33.2 Å². The summed E-state index contributed by atoms with van der Waals surface area (Å²) >= 11 is 0. The van der Waals surface area contributed by atoms with Crippen molar-refractivity contribution in [3.8, 4) is 0 Å². The molecule has 1 atom stereocenters. The molecule has 0 spiro atoms. The van der Waals surface area contributed by atoms with E-state index < -0.39 is 5.97 Å². The van der Waals surface area contributed by atoms with Gasteiger partial charge >= 0.3 is 5.97 Å². The van der Waals surface area contributed by atoms with Crippen molar-refractivity contribution in [3.63, 3.8) is 0 Å². The summed E-state index contributed by atoms with van der Waals surface area (Å²) in [6.07, 6.45) is 2.26. The van der Waals surface area contributed by atoms with E-state index in [9.17, 15) is 14.3 Å². The zero-order chi connectivity index (χ0) is 20.1. The highest BCUT2D eigenvalue weighted by Crippen LogP contribution is 2.36. The molecule has 0 aliphatic carbocycles. The Labute approximate surface area is 159 Å². The number of benzene rings is 1. The van der Waals surface area contributed by atoms with Gasteiger partial charge in [-0.25, -0.2) is 9.18 Å². The molecule has 2 heterocycles. The second kappa shape index (κ2) is 8.66. The van der Waals surface area contributed by atoms with E-state index in [2.05, 4.69) is 4.98 Å². The standard InChI is InChI=1S/C19H19FN2O3.C2H6/c1-11-15-9-13(8-12-4-6-14(20)7-5-12)10-21-16(15)18(23)17(22(11)2)19(24)25-3;1-2/h4-7,9-11,23H,8H2,1-3H3;1-2H3. The Bertz CT molecular complexity index is 847. The third kappa shape index (κ3) is 4.10. The summed E-state index contributed by atoms with van der Waals surface area (Å²) in [6.45, 7) is 5.93. The molecule has 5 nitrogen and oxygen atoms in total. The maximum Gasteiger partial charge on any atom is 0.358 e. The maximum absolute atomic E-state index is 13.0. The monoisotopic (exact) mass is 372 g/mol. The van der Waals surface area contributed by atoms with Crippen molar-refractivity contribution >= 4 is 11.7 Å². The number of pyridine rings is 1. The van der Waals surface area contributed by atoms with Gasteiger partial charge in [-0.2, -0.15) is 0 Å². The quantitative estimate of drug-likeness (QED) is 0.817. The maximum atomic E-state index is 13.0. The fourth-order valence-electron chi connectivity index (χ4n) is 3.00. The molecular formula is C21H25FN2O3. The third-order valence-corrected chi connectivity index (χ3v) is 4.51. The lowest BCUT2D eigenvalue weighted by molar-refractivity contribution is -0.138. The second-order valence-corrected chi connectivity index (χ2v) is 6.06. The van der Waals surface area contributed by atoms with E-state index >= 15 is 0 Å². The van der Waals surface area contributed by atoms with Gasteiger partial charge in [-0.15, -0.1) is 0 Å². The number of halogens is 1. The number of aromatic nitrogens is 1. The van der Waals surface area contributed by atoms with Crippen LogP contribution < -0.4 is 0 Å². The highest BCUT2D eigenvalue weighted by atomic mass is 19.1. The Morgan fingerprint density at radius 2 is 1.89 bits per heavy atom. The number of nitrogens with zero attached hydrogens (tertiary/aromatic N) is 2. The molecule has 0 bridgehead atoms. The number of ether oxygens (including phenoxy) is 1. The van der Waals surface area contributed by atoms with Crippen LogP contribution in [0.5, 0.6) is 0 Å². The summed E-state index contributed by atoms with van der Waals surface area (Å²) in [5.41, 5.74) is 3.22. The van der Waals surface area contributed by atoms with E-state index in [1.807, 2.05) is 26.8 Å². The lowest BCUT2D eigenvalue weighted by atomic mass is 9.95. The summed E-state index contributed by atoms with van der Waals surface area (Å²) in [7, 11) is 3.00. The van der Waals surface area contributed by atoms with Crippen LogP contribution in [0.4, 0.5) is 4.39 Å². The van der Waals surface area contributed by atoms with Crippen LogP contribution in [0.15, 0.2) is 42.2 Å². The normalized spacial score (nSPS) is 15.6. The van der Waals surface area contributed by atoms with Crippen LogP contribution in [0.3, 0.4) is 0 Å². The molecule has 6 heteroatoms. The molecule has 0 saturated heterocycles. The number of likely N-dealkylation sites (N-methyl/N-ethyl adjacent to an activating group) is 1. The summed E-state index contributed by atoms with van der Waals surface area (Å²) < 4.78 is 17.8. The predicted octanol–water partition coefficient (Wildman–Crippen LogP) is 4.24. The molecule has 1 unspecified atom stereocenters. The zero-order valence-electron chi connectivity index (χ0n) is 16.3. The van der Waals surface area contributed by atoms with Gasteiger partial charge in [-0.1, -0.05) is 26.0 Å². The molecule has 0 amide bonds. The van der Waals surface area contributed by atoms with Gasteiger partial charge in [0, 0.05) is 18.8 Å². The van der Waals surface area contributed by atoms with E-state index in [1.54, 1.807) is 30.3 Å². The third-order valence-electron chi connectivity index (χ3n) is 4.51. The van der Waals surface area contributed by atoms with Gasteiger partial charge in [0.25, 0.3) is 0 Å². The number of aliphatic hydroxyl groups excluding tert-OH is 1. The Morgan fingerprint density at radius 1 is 1.26 bits per heavy atom. The number of hydrogen-bond donors (Lipinski definition) is 1. The molecule has 0 radical (unpaired) electrons. The molecule has 1 aromatic carbocycles. The van der Waals surface area contributed by atoms with E-state index in [-0.39, 0.29) is 23.3 Å². The van der Waals surface area contributed by atoms with Crippen molar-refractivity contribution in [1.82, 2.24) is 9.88 Å². The SMILES string of the molecule is CC.COC(=O)C1=C(O)c2ncc(Cc3ccc(F)cc3)cc2C(C)N1C. The van der Waals surface area contributed by atoms with Gasteiger partial charge in [0.1, 0.15) is 11.5 Å². The lowest BCUT2D eigenvalue weighted by Gasteiger charge is -2.33. The number of esters is 1. The summed E-state index contributed by atoms with van der Waals surface area (Å²) in [5, 5.41) is 10.5. The van der Waals surface area contributed by atoms with Crippen LogP contribution in [0.2, 0.25) is 0 Å². The number of rotatable bonds is 3. The lowest BCUT2D eigenvalue weighted by Crippen LogP contribution is -2.33. The topological polar surface area (TPSA) is 62.7 Å². The van der Waals surface area contributed by atoms with Gasteiger partial charge in [0.2, 0.25) is 0 Å². The first-order valence-electron chi connectivity index (χ1n) is 8.90. The van der Waals surface area contributed by atoms with Crippen molar-refractivity contribution < 1.29 is 19.0 Å². The van der Waals surface area contributed by atoms with Crippen molar-refractivity contribution in [2.75, 3.05) is 14.2 Å². The van der Waals surface area contributed by atoms with E-state index in [4.69, 9.17) is 4.74 Å². The average molecular weight is 372 g/mol. The molecule has 1 N–H and O–H groups in total. The Balaban J connectivity index is 0.00000126. The Hall–Kier alpha value is -2.89. The van der Waals surface area contributed by atoms with Gasteiger partial charge in [0.15, 0.2) is 11.5 Å². The van der Waals surface area contributed by atoms with E-state index in [0.717, 1.165) is 16.7 Å². The zero-order valence-corrected chi connectivity index (χ0v) is 16.3. The van der Waals surface area contributed by atoms with Crippen LogP contribution in [-0.4, -0.2) is 35.1 Å². The molecule has 1 aromatic heterocycles. The number of carbonyl (C=O) groups is 1. The van der Waals surface area contributed by atoms with Crippen LogP contribution in [-0.2, 0) is 16.0 Å². The van der Waals surface area contributed by atoms with Crippen LogP contribution in [0.1, 0.15) is 49.2 Å². The Morgan fingerprint density at radius 3 is 2.48 bits per heavy atom. The fraction of sp³-hybridized carbons (Fsp3) is 0.333. The summed E-state index contributed by atoms with van der Waals surface area (Å²) in [4.78, 5) is 18.0. The molecular weight excluding hydrogens is 347 g/mol. The molecule has 0 saturated carbocycles. The molecule has 1 aliphatic rings. The van der Waals surface area contributed by atoms with Gasteiger partial charge in [0.05, 0.1) is 13.2 Å². The minimum Gasteiger partial charge on any atom is -0.504 e. The molecule has 1 aliphatic heterocycles. The molecule has 2 aromatic rings. The molecule has 0 fully saturated rings. The van der Waals surface area contributed by atoms with Crippen LogP contribution in [0.25, 0.3) is 5.76 Å². The predicted molar refractivity (Wildman–Crippen MR) is 103 cm³/mol. The minimum atomic E-state index is -0.602. The van der Waals surface area contributed by atoms with Crippen LogP contribution in [0, 0.1) is 5.82 Å². The van der Waals surface area contributed by atoms with Crippen molar-refractivity contribution in [1.29, 1.82) is 0 Å². The number of methoxy groups -OCH3 is 1. The van der Waals surface area contributed by atoms with Crippen molar-refractivity contribution in [3.05, 3.63) is 70.4 Å². The minimum absolute atomic E-state index is 0.0984. The van der Waals surface area contributed by atoms with Crippen molar-refractivity contribution in [2.24, 2.45) is 0 Å². The van der Waals surface area contributed by atoms with Gasteiger partial charge in [-0.05, 0) is 42.7 Å². The van der Waals surface area contributed by atoms with Crippen LogP contribution >= 0.6 is 0 Å².